The van der Waals surface area contributed by atoms with Gasteiger partial charge in [-0.05, 0) is 38.1 Å². The van der Waals surface area contributed by atoms with E-state index in [-0.39, 0.29) is 5.91 Å². The fourth-order valence-corrected chi connectivity index (χ4v) is 3.67. The molecule has 3 aromatic rings. The van der Waals surface area contributed by atoms with Gasteiger partial charge in [0.25, 0.3) is 5.91 Å². The summed E-state index contributed by atoms with van der Waals surface area (Å²) in [5.41, 5.74) is 3.65. The molecule has 0 unspecified atom stereocenters. The van der Waals surface area contributed by atoms with E-state index in [0.717, 1.165) is 17.2 Å². The molecule has 1 fully saturated rings. The summed E-state index contributed by atoms with van der Waals surface area (Å²) in [6, 6.07) is 17.5. The van der Waals surface area contributed by atoms with Gasteiger partial charge >= 0.3 is 0 Å². The molecular formula is C24H27N5O2. The molecule has 0 radical (unpaired) electrons. The average Bonchev–Trinajstić information content (AvgIpc) is 2.80. The Morgan fingerprint density at radius 2 is 1.68 bits per heavy atom. The van der Waals surface area contributed by atoms with Crippen molar-refractivity contribution >= 4 is 23.4 Å². The Bertz CT molecular complexity index is 1060. The van der Waals surface area contributed by atoms with Crippen LogP contribution in [0, 0.1) is 13.8 Å². The fourth-order valence-electron chi connectivity index (χ4n) is 3.67. The molecular weight excluding hydrogens is 390 g/mol. The minimum atomic E-state index is -0.00213. The molecule has 1 aliphatic heterocycles. The molecule has 0 spiro atoms. The zero-order chi connectivity index (χ0) is 21.8. The Balaban J connectivity index is 1.44. The van der Waals surface area contributed by atoms with Gasteiger partial charge in [0, 0.05) is 43.6 Å². The highest BCUT2D eigenvalue weighted by Gasteiger charge is 2.25. The van der Waals surface area contributed by atoms with Crippen LogP contribution in [0.2, 0.25) is 0 Å². The average molecular weight is 418 g/mol. The van der Waals surface area contributed by atoms with Gasteiger partial charge in [-0.3, -0.25) is 4.79 Å². The smallest absolute Gasteiger partial charge is 0.257 e. The van der Waals surface area contributed by atoms with E-state index < -0.39 is 0 Å². The first-order chi connectivity index (χ1) is 15.0. The van der Waals surface area contributed by atoms with Crippen molar-refractivity contribution in [3.05, 3.63) is 71.4 Å². The van der Waals surface area contributed by atoms with Gasteiger partial charge in [-0.25, -0.2) is 4.98 Å². The lowest BCUT2D eigenvalue weighted by Gasteiger charge is -2.35. The molecule has 7 nitrogen and oxygen atoms in total. The van der Waals surface area contributed by atoms with Crippen molar-refractivity contribution in [2.45, 2.75) is 13.8 Å². The molecule has 1 amide bonds. The molecule has 31 heavy (non-hydrogen) atoms. The third-order valence-electron chi connectivity index (χ3n) is 5.38. The van der Waals surface area contributed by atoms with Gasteiger partial charge in [-0.15, -0.1) is 0 Å². The molecule has 1 saturated heterocycles. The maximum atomic E-state index is 12.9. The number of nitrogens with zero attached hydrogens (tertiary/aromatic N) is 4. The van der Waals surface area contributed by atoms with Crippen molar-refractivity contribution in [1.82, 2.24) is 14.9 Å². The van der Waals surface area contributed by atoms with Gasteiger partial charge in [0.1, 0.15) is 11.6 Å². The standard InChI is InChI=1S/C24H27N5O2/c1-17-8-10-19(11-9-17)26-24-25-18(2)16-22(27-24)28-12-14-29(15-13-28)23(30)20-6-4-5-7-21(20)31-3/h4-11,16H,12-15H2,1-3H3,(H,25,26,27). The zero-order valence-electron chi connectivity index (χ0n) is 18.1. The lowest BCUT2D eigenvalue weighted by atomic mass is 10.1. The third kappa shape index (κ3) is 4.77. The minimum Gasteiger partial charge on any atom is -0.496 e. The number of rotatable bonds is 5. The first-order valence-corrected chi connectivity index (χ1v) is 10.4. The molecule has 7 heteroatoms. The molecule has 160 valence electrons. The second-order valence-corrected chi connectivity index (χ2v) is 7.66. The van der Waals surface area contributed by atoms with Gasteiger partial charge in [0.2, 0.25) is 5.95 Å². The van der Waals surface area contributed by atoms with Crippen LogP contribution in [0.5, 0.6) is 5.75 Å². The van der Waals surface area contributed by atoms with E-state index in [0.29, 0.717) is 43.4 Å². The normalized spacial score (nSPS) is 13.8. The van der Waals surface area contributed by atoms with Gasteiger partial charge in [-0.1, -0.05) is 29.8 Å². The summed E-state index contributed by atoms with van der Waals surface area (Å²) < 4.78 is 5.35. The van der Waals surface area contributed by atoms with Gasteiger partial charge in [0.05, 0.1) is 12.7 Å². The number of aryl methyl sites for hydroxylation is 2. The predicted molar refractivity (Wildman–Crippen MR) is 122 cm³/mol. The summed E-state index contributed by atoms with van der Waals surface area (Å²) >= 11 is 0. The van der Waals surface area contributed by atoms with Crippen LogP contribution < -0.4 is 15.0 Å². The molecule has 2 aromatic carbocycles. The molecule has 0 atom stereocenters. The molecule has 0 aliphatic carbocycles. The number of hydrogen-bond acceptors (Lipinski definition) is 6. The van der Waals surface area contributed by atoms with Crippen molar-refractivity contribution < 1.29 is 9.53 Å². The van der Waals surface area contributed by atoms with Gasteiger partial charge < -0.3 is 19.9 Å². The lowest BCUT2D eigenvalue weighted by molar-refractivity contribution is 0.0743. The number of hydrogen-bond donors (Lipinski definition) is 1. The summed E-state index contributed by atoms with van der Waals surface area (Å²) in [6.07, 6.45) is 0. The highest BCUT2D eigenvalue weighted by atomic mass is 16.5. The number of aromatic nitrogens is 2. The van der Waals surface area contributed by atoms with Crippen LogP contribution >= 0.6 is 0 Å². The third-order valence-corrected chi connectivity index (χ3v) is 5.38. The second-order valence-electron chi connectivity index (χ2n) is 7.66. The van der Waals surface area contributed by atoms with E-state index in [2.05, 4.69) is 34.3 Å². The lowest BCUT2D eigenvalue weighted by Crippen LogP contribution is -2.49. The van der Waals surface area contributed by atoms with E-state index in [4.69, 9.17) is 9.72 Å². The SMILES string of the molecule is COc1ccccc1C(=O)N1CCN(c2cc(C)nc(Nc3ccc(C)cc3)n2)CC1. The first-order valence-electron chi connectivity index (χ1n) is 10.4. The van der Waals surface area contributed by atoms with Crippen LogP contribution in [-0.4, -0.2) is 54.1 Å². The number of methoxy groups -OCH3 is 1. The molecule has 0 saturated carbocycles. The highest BCUT2D eigenvalue weighted by molar-refractivity contribution is 5.97. The van der Waals surface area contributed by atoms with Gasteiger partial charge in [-0.2, -0.15) is 4.98 Å². The molecule has 2 heterocycles. The number of para-hydroxylation sites is 1. The number of anilines is 3. The summed E-state index contributed by atoms with van der Waals surface area (Å²) in [5.74, 6) is 2.05. The number of nitrogens with one attached hydrogen (secondary N) is 1. The second kappa shape index (κ2) is 9.04. The van der Waals surface area contributed by atoms with Crippen molar-refractivity contribution in [3.8, 4) is 5.75 Å². The Labute approximate surface area is 182 Å². The van der Waals surface area contributed by atoms with Crippen LogP contribution in [0.1, 0.15) is 21.6 Å². The van der Waals surface area contributed by atoms with Gasteiger partial charge in [0.15, 0.2) is 0 Å². The summed E-state index contributed by atoms with van der Waals surface area (Å²) in [7, 11) is 1.59. The monoisotopic (exact) mass is 417 g/mol. The van der Waals surface area contributed by atoms with E-state index in [1.54, 1.807) is 7.11 Å². The van der Waals surface area contributed by atoms with E-state index >= 15 is 0 Å². The first kappa shape index (κ1) is 20.7. The van der Waals surface area contributed by atoms with E-state index in [1.165, 1.54) is 5.56 Å². The number of amides is 1. The number of piperazine rings is 1. The Kier molecular flexibility index (Phi) is 6.02. The maximum Gasteiger partial charge on any atom is 0.257 e. The van der Waals surface area contributed by atoms with Crippen LogP contribution in [0.3, 0.4) is 0 Å². The molecule has 1 aliphatic rings. The fraction of sp³-hybridized carbons (Fsp3) is 0.292. The number of carbonyl (C=O) groups excluding carboxylic acids is 1. The topological polar surface area (TPSA) is 70.6 Å². The number of ether oxygens (including phenoxy) is 1. The molecule has 1 aromatic heterocycles. The van der Waals surface area contributed by atoms with Crippen molar-refractivity contribution in [2.75, 3.05) is 43.5 Å². The van der Waals surface area contributed by atoms with Crippen LogP contribution in [-0.2, 0) is 0 Å². The minimum absolute atomic E-state index is 0.00213. The maximum absolute atomic E-state index is 12.9. The van der Waals surface area contributed by atoms with Crippen molar-refractivity contribution in [3.63, 3.8) is 0 Å². The highest BCUT2D eigenvalue weighted by Crippen LogP contribution is 2.23. The molecule has 1 N–H and O–H groups in total. The quantitative estimate of drug-likeness (QED) is 0.681. The Morgan fingerprint density at radius 3 is 2.39 bits per heavy atom. The van der Waals surface area contributed by atoms with Crippen LogP contribution in [0.15, 0.2) is 54.6 Å². The van der Waals surface area contributed by atoms with Crippen LogP contribution in [0.25, 0.3) is 0 Å². The largest absolute Gasteiger partial charge is 0.496 e. The van der Waals surface area contributed by atoms with E-state index in [1.807, 2.05) is 54.3 Å². The Hall–Kier alpha value is -3.61. The molecule has 0 bridgehead atoms. The summed E-state index contributed by atoms with van der Waals surface area (Å²) in [6.45, 7) is 6.69. The zero-order valence-corrected chi connectivity index (χ0v) is 18.1. The van der Waals surface area contributed by atoms with Crippen LogP contribution in [0.4, 0.5) is 17.5 Å². The predicted octanol–water partition coefficient (Wildman–Crippen LogP) is 3.81. The summed E-state index contributed by atoms with van der Waals surface area (Å²) in [5, 5.41) is 3.29. The number of benzene rings is 2. The van der Waals surface area contributed by atoms with Crippen molar-refractivity contribution in [2.24, 2.45) is 0 Å². The Morgan fingerprint density at radius 1 is 0.968 bits per heavy atom. The molecule has 4 rings (SSSR count). The number of carbonyl (C=O) groups is 1. The summed E-state index contributed by atoms with van der Waals surface area (Å²) in [4.78, 5) is 26.2. The van der Waals surface area contributed by atoms with Crippen molar-refractivity contribution in [1.29, 1.82) is 0 Å². The van der Waals surface area contributed by atoms with E-state index in [9.17, 15) is 4.79 Å².